The van der Waals surface area contributed by atoms with Crippen LogP contribution in [-0.2, 0) is 11.2 Å². The number of ether oxygens (including phenoxy) is 1. The van der Waals surface area contributed by atoms with Crippen LogP contribution in [0.5, 0.6) is 5.75 Å². The first-order valence-corrected chi connectivity index (χ1v) is 10.4. The zero-order chi connectivity index (χ0) is 24.0. The molecule has 8 nitrogen and oxygen atoms in total. The monoisotopic (exact) mass is 466 g/mol. The smallest absolute Gasteiger partial charge is 0.344 e. The van der Waals surface area contributed by atoms with Gasteiger partial charge in [0.25, 0.3) is 5.91 Å². The van der Waals surface area contributed by atoms with Crippen molar-refractivity contribution in [2.45, 2.75) is 18.9 Å². The summed E-state index contributed by atoms with van der Waals surface area (Å²) in [6.45, 7) is 0. The molecule has 9 heteroatoms. The van der Waals surface area contributed by atoms with Crippen LogP contribution in [0.15, 0.2) is 66.7 Å². The number of nitrogens with two attached hydrogens (primary N) is 2. The number of nitrogen functional groups attached to an aromatic ring is 2. The molecule has 1 atom stereocenters. The number of carbonyl (C=O) groups excluding carboxylic acids is 1. The third-order valence-corrected chi connectivity index (χ3v) is 5.14. The Balaban J connectivity index is 0.000000203. The number of hydrogen-bond acceptors (Lipinski definition) is 5. The van der Waals surface area contributed by atoms with E-state index >= 15 is 0 Å². The molecule has 33 heavy (non-hydrogen) atoms. The predicted octanol–water partition coefficient (Wildman–Crippen LogP) is 3.92. The maximum absolute atomic E-state index is 12.1. The highest BCUT2D eigenvalue weighted by molar-refractivity contribution is 6.31. The highest BCUT2D eigenvalue weighted by Crippen LogP contribution is 2.27. The van der Waals surface area contributed by atoms with Gasteiger partial charge in [0.1, 0.15) is 11.6 Å². The molecule has 1 heterocycles. The summed E-state index contributed by atoms with van der Waals surface area (Å²) < 4.78 is 5.29. The molecular weight excluding hydrogens is 444 g/mol. The Hall–Kier alpha value is -4.04. The molecule has 0 fully saturated rings. The van der Waals surface area contributed by atoms with Crippen LogP contribution < -0.4 is 21.5 Å². The Morgan fingerprint density at radius 1 is 1.09 bits per heavy atom. The van der Waals surface area contributed by atoms with Gasteiger partial charge in [-0.2, -0.15) is 0 Å². The van der Waals surface area contributed by atoms with Crippen molar-refractivity contribution in [3.05, 3.63) is 88.4 Å². The Bertz CT molecular complexity index is 1180. The van der Waals surface area contributed by atoms with Crippen molar-refractivity contribution in [1.82, 2.24) is 0 Å². The van der Waals surface area contributed by atoms with Gasteiger partial charge < -0.3 is 26.6 Å². The average molecular weight is 467 g/mol. The van der Waals surface area contributed by atoms with E-state index in [1.807, 2.05) is 24.3 Å². The molecule has 3 aromatic carbocycles. The summed E-state index contributed by atoms with van der Waals surface area (Å²) in [5.74, 6) is -0.543. The quantitative estimate of drug-likeness (QED) is 0.223. The van der Waals surface area contributed by atoms with Gasteiger partial charge in [0.05, 0.1) is 5.56 Å². The number of carbonyl (C=O) groups is 2. The lowest BCUT2D eigenvalue weighted by Crippen LogP contribution is -2.30. The third kappa shape index (κ3) is 6.24. The fourth-order valence-electron chi connectivity index (χ4n) is 3.15. The van der Waals surface area contributed by atoms with Crippen molar-refractivity contribution >= 4 is 40.7 Å². The number of amidine groups is 1. The number of amides is 1. The van der Waals surface area contributed by atoms with Gasteiger partial charge in [-0.25, -0.2) is 4.79 Å². The maximum atomic E-state index is 12.1. The van der Waals surface area contributed by atoms with Crippen molar-refractivity contribution in [1.29, 1.82) is 5.41 Å². The molecule has 1 amide bonds. The number of benzene rings is 3. The van der Waals surface area contributed by atoms with Crippen molar-refractivity contribution in [3.63, 3.8) is 0 Å². The fraction of sp³-hybridized carbons (Fsp3) is 0.125. The van der Waals surface area contributed by atoms with Crippen LogP contribution in [0.2, 0.25) is 5.02 Å². The van der Waals surface area contributed by atoms with Crippen LogP contribution in [0.3, 0.4) is 0 Å². The first-order valence-electron chi connectivity index (χ1n) is 10.0. The second-order valence-corrected chi connectivity index (χ2v) is 7.70. The van der Waals surface area contributed by atoms with Gasteiger partial charge in [-0.05, 0) is 66.9 Å². The van der Waals surface area contributed by atoms with Gasteiger partial charge >= 0.3 is 5.97 Å². The van der Waals surface area contributed by atoms with E-state index in [1.165, 1.54) is 6.07 Å². The van der Waals surface area contributed by atoms with Crippen LogP contribution in [0, 0.1) is 5.41 Å². The number of anilines is 2. The van der Waals surface area contributed by atoms with Crippen molar-refractivity contribution < 1.29 is 19.4 Å². The molecule has 0 saturated heterocycles. The summed E-state index contributed by atoms with van der Waals surface area (Å²) in [6, 6.07) is 18.9. The summed E-state index contributed by atoms with van der Waals surface area (Å²) in [7, 11) is 0. The summed E-state index contributed by atoms with van der Waals surface area (Å²) in [6.07, 6.45) is 0.675. The van der Waals surface area contributed by atoms with Crippen molar-refractivity contribution in [2.24, 2.45) is 5.73 Å². The second kappa shape index (κ2) is 10.5. The van der Waals surface area contributed by atoms with E-state index in [4.69, 9.17) is 38.3 Å². The lowest BCUT2D eigenvalue weighted by molar-refractivity contribution is -0.145. The topological polar surface area (TPSA) is 152 Å². The number of nitrogens with one attached hydrogen (secondary N) is 2. The molecule has 4 rings (SSSR count). The summed E-state index contributed by atoms with van der Waals surface area (Å²) in [5, 5.41) is 19.2. The molecule has 1 unspecified atom stereocenters. The average Bonchev–Trinajstić information content (AvgIpc) is 2.81. The number of rotatable bonds is 4. The minimum atomic E-state index is -0.880. The SMILES string of the molecule is N=C(N)c1ccc(NC(=O)c2cc(Cl)ccc2N)cc1.O=C(O)C1CCc2ccccc2O1. The number of carboxylic acids is 1. The minimum Gasteiger partial charge on any atom is -0.479 e. The summed E-state index contributed by atoms with van der Waals surface area (Å²) >= 11 is 5.85. The molecule has 3 aromatic rings. The Morgan fingerprint density at radius 3 is 2.45 bits per heavy atom. The van der Waals surface area contributed by atoms with Gasteiger partial charge in [0.2, 0.25) is 0 Å². The fourth-order valence-corrected chi connectivity index (χ4v) is 3.33. The number of aliphatic carboxylic acids is 1. The number of carboxylic acid groups (broad SMARTS) is 1. The molecule has 0 bridgehead atoms. The Kier molecular flexibility index (Phi) is 7.53. The second-order valence-electron chi connectivity index (χ2n) is 7.27. The number of fused-ring (bicyclic) bond motifs is 1. The van der Waals surface area contributed by atoms with E-state index in [0.29, 0.717) is 39.7 Å². The van der Waals surface area contributed by atoms with Gasteiger partial charge in [-0.1, -0.05) is 29.8 Å². The zero-order valence-corrected chi connectivity index (χ0v) is 18.3. The molecule has 0 aromatic heterocycles. The van der Waals surface area contributed by atoms with E-state index < -0.39 is 12.1 Å². The Morgan fingerprint density at radius 2 is 1.79 bits per heavy atom. The summed E-state index contributed by atoms with van der Waals surface area (Å²) in [4.78, 5) is 22.7. The number of hydrogen-bond donors (Lipinski definition) is 5. The zero-order valence-electron chi connectivity index (χ0n) is 17.5. The van der Waals surface area contributed by atoms with E-state index in [2.05, 4.69) is 5.32 Å². The highest BCUT2D eigenvalue weighted by Gasteiger charge is 2.24. The van der Waals surface area contributed by atoms with Crippen LogP contribution in [0.1, 0.15) is 27.9 Å². The van der Waals surface area contributed by atoms with E-state index in [-0.39, 0.29) is 11.7 Å². The van der Waals surface area contributed by atoms with Gasteiger partial charge in [0.15, 0.2) is 6.10 Å². The van der Waals surface area contributed by atoms with Crippen LogP contribution in [0.4, 0.5) is 11.4 Å². The van der Waals surface area contributed by atoms with Gasteiger partial charge in [-0.15, -0.1) is 0 Å². The predicted molar refractivity (Wildman–Crippen MR) is 128 cm³/mol. The first kappa shape index (κ1) is 23.6. The Labute approximate surface area is 195 Å². The normalized spacial score (nSPS) is 14.0. The lowest BCUT2D eigenvalue weighted by atomic mass is 10.0. The minimum absolute atomic E-state index is 0.0260. The third-order valence-electron chi connectivity index (χ3n) is 4.91. The molecule has 0 radical (unpaired) electrons. The van der Waals surface area contributed by atoms with Crippen molar-refractivity contribution in [2.75, 3.05) is 11.1 Å². The van der Waals surface area contributed by atoms with Gasteiger partial charge in [0, 0.05) is 22.0 Å². The molecule has 7 N–H and O–H groups in total. The molecular formula is C24H23ClN4O4. The molecule has 1 aliphatic heterocycles. The number of aryl methyl sites for hydroxylation is 1. The standard InChI is InChI=1S/C14H13ClN4O.C10H10O3/c15-9-3-6-12(16)11(7-9)14(20)19-10-4-1-8(2-5-10)13(17)18;11-10(12)9-6-5-7-3-1-2-4-8(7)13-9/h1-7H,16H2,(H3,17,18)(H,19,20);1-4,9H,5-6H2,(H,11,12). The summed E-state index contributed by atoms with van der Waals surface area (Å²) in [5.41, 5.74) is 14.0. The molecule has 0 saturated carbocycles. The van der Waals surface area contributed by atoms with Gasteiger partial charge in [-0.3, -0.25) is 10.2 Å². The van der Waals surface area contributed by atoms with Crippen LogP contribution >= 0.6 is 11.6 Å². The van der Waals surface area contributed by atoms with Crippen molar-refractivity contribution in [3.8, 4) is 5.75 Å². The number of para-hydroxylation sites is 1. The van der Waals surface area contributed by atoms with E-state index in [0.717, 1.165) is 12.0 Å². The lowest BCUT2D eigenvalue weighted by Gasteiger charge is -2.22. The van der Waals surface area contributed by atoms with Crippen LogP contribution in [-0.4, -0.2) is 28.9 Å². The molecule has 1 aliphatic rings. The largest absolute Gasteiger partial charge is 0.479 e. The molecule has 0 spiro atoms. The molecule has 0 aliphatic carbocycles. The number of halogens is 1. The maximum Gasteiger partial charge on any atom is 0.344 e. The highest BCUT2D eigenvalue weighted by atomic mass is 35.5. The van der Waals surface area contributed by atoms with E-state index in [9.17, 15) is 9.59 Å². The van der Waals surface area contributed by atoms with E-state index in [1.54, 1.807) is 36.4 Å². The first-order chi connectivity index (χ1) is 15.7. The molecule has 170 valence electrons. The van der Waals surface area contributed by atoms with Crippen LogP contribution in [0.25, 0.3) is 0 Å².